The standard InChI is InChI=1S/C16H15FN4O2S/c17-12-1-3-13(4-2-12)21(7-5-14(18)22)9-15-19-16(20-23-15)11-6-8-24-10-11/h1-4,6,8,10H,5,7,9H2,(H2,18,22). The van der Waals surface area contributed by atoms with Crippen LogP contribution in [0.25, 0.3) is 11.4 Å². The average molecular weight is 346 g/mol. The molecule has 6 nitrogen and oxygen atoms in total. The van der Waals surface area contributed by atoms with Crippen molar-refractivity contribution in [3.05, 3.63) is 52.8 Å². The van der Waals surface area contributed by atoms with Crippen molar-refractivity contribution in [1.29, 1.82) is 0 Å². The summed E-state index contributed by atoms with van der Waals surface area (Å²) in [6.45, 7) is 0.674. The molecule has 3 aromatic rings. The molecule has 124 valence electrons. The lowest BCUT2D eigenvalue weighted by Gasteiger charge is -2.22. The van der Waals surface area contributed by atoms with Gasteiger partial charge in [0, 0.05) is 29.6 Å². The molecule has 0 atom stereocenters. The van der Waals surface area contributed by atoms with Crippen molar-refractivity contribution >= 4 is 22.9 Å². The van der Waals surface area contributed by atoms with Crippen LogP contribution in [0.3, 0.4) is 0 Å². The summed E-state index contributed by atoms with van der Waals surface area (Å²) in [5, 5.41) is 7.82. The number of carbonyl (C=O) groups excluding carboxylic acids is 1. The number of rotatable bonds is 7. The molecule has 24 heavy (non-hydrogen) atoms. The molecule has 2 N–H and O–H groups in total. The summed E-state index contributed by atoms with van der Waals surface area (Å²) in [6.07, 6.45) is 0.170. The molecule has 1 amide bonds. The highest BCUT2D eigenvalue weighted by molar-refractivity contribution is 7.08. The molecule has 0 radical (unpaired) electrons. The predicted octanol–water partition coefficient (Wildman–Crippen LogP) is 2.82. The summed E-state index contributed by atoms with van der Waals surface area (Å²) < 4.78 is 18.4. The Morgan fingerprint density at radius 2 is 2.08 bits per heavy atom. The van der Waals surface area contributed by atoms with E-state index in [0.717, 1.165) is 11.3 Å². The van der Waals surface area contributed by atoms with Gasteiger partial charge in [0.1, 0.15) is 5.82 Å². The molecule has 0 saturated carbocycles. The molecule has 3 rings (SSSR count). The number of carbonyl (C=O) groups is 1. The van der Waals surface area contributed by atoms with Crippen molar-refractivity contribution in [3.63, 3.8) is 0 Å². The van der Waals surface area contributed by atoms with E-state index < -0.39 is 5.91 Å². The first-order valence-electron chi connectivity index (χ1n) is 7.26. The molecule has 0 aliphatic rings. The zero-order valence-electron chi connectivity index (χ0n) is 12.7. The van der Waals surface area contributed by atoms with Crippen LogP contribution < -0.4 is 10.6 Å². The number of halogens is 1. The Morgan fingerprint density at radius 1 is 1.29 bits per heavy atom. The van der Waals surface area contributed by atoms with E-state index in [1.54, 1.807) is 23.5 Å². The van der Waals surface area contributed by atoms with Gasteiger partial charge in [0.2, 0.25) is 17.6 Å². The summed E-state index contributed by atoms with van der Waals surface area (Å²) in [4.78, 5) is 17.3. The zero-order valence-corrected chi connectivity index (χ0v) is 13.5. The van der Waals surface area contributed by atoms with Gasteiger partial charge in [-0.25, -0.2) is 4.39 Å². The van der Waals surface area contributed by atoms with Gasteiger partial charge in [0.05, 0.1) is 6.54 Å². The highest BCUT2D eigenvalue weighted by Gasteiger charge is 2.15. The van der Waals surface area contributed by atoms with E-state index in [9.17, 15) is 9.18 Å². The average Bonchev–Trinajstić information content (AvgIpc) is 3.23. The van der Waals surface area contributed by atoms with Gasteiger partial charge in [0.15, 0.2) is 0 Å². The highest BCUT2D eigenvalue weighted by Crippen LogP contribution is 2.21. The molecular formula is C16H15FN4O2S. The third-order valence-electron chi connectivity index (χ3n) is 3.39. The van der Waals surface area contributed by atoms with Crippen molar-refractivity contribution in [1.82, 2.24) is 10.1 Å². The number of hydrogen-bond donors (Lipinski definition) is 1. The van der Waals surface area contributed by atoms with Gasteiger partial charge in [-0.15, -0.1) is 0 Å². The van der Waals surface area contributed by atoms with Crippen LogP contribution in [0.1, 0.15) is 12.3 Å². The number of hydrogen-bond acceptors (Lipinski definition) is 6. The van der Waals surface area contributed by atoms with E-state index in [1.165, 1.54) is 12.1 Å². The normalized spacial score (nSPS) is 10.7. The smallest absolute Gasteiger partial charge is 0.246 e. The van der Waals surface area contributed by atoms with Crippen LogP contribution in [-0.4, -0.2) is 22.6 Å². The first-order valence-corrected chi connectivity index (χ1v) is 8.20. The van der Waals surface area contributed by atoms with Crippen molar-refractivity contribution in [3.8, 4) is 11.4 Å². The molecule has 0 bridgehead atoms. The minimum absolute atomic E-state index is 0.170. The molecule has 0 fully saturated rings. The Labute approximate surface area is 141 Å². The SMILES string of the molecule is NC(=O)CCN(Cc1nc(-c2ccsc2)no1)c1ccc(F)cc1. The number of benzene rings is 1. The number of thiophene rings is 1. The van der Waals surface area contributed by atoms with Gasteiger partial charge in [-0.05, 0) is 35.7 Å². The van der Waals surface area contributed by atoms with E-state index in [1.807, 2.05) is 21.7 Å². The van der Waals surface area contributed by atoms with Crippen LogP contribution in [0, 0.1) is 5.82 Å². The van der Waals surface area contributed by atoms with Crippen LogP contribution in [0.2, 0.25) is 0 Å². The number of aromatic nitrogens is 2. The van der Waals surface area contributed by atoms with E-state index in [-0.39, 0.29) is 12.2 Å². The minimum Gasteiger partial charge on any atom is -0.370 e. The topological polar surface area (TPSA) is 85.3 Å². The molecule has 1 aromatic carbocycles. The molecule has 2 heterocycles. The Bertz CT molecular complexity index is 802. The van der Waals surface area contributed by atoms with Crippen LogP contribution in [0.4, 0.5) is 10.1 Å². The van der Waals surface area contributed by atoms with Crippen molar-refractivity contribution < 1.29 is 13.7 Å². The number of primary amides is 1. The van der Waals surface area contributed by atoms with E-state index in [0.29, 0.717) is 24.8 Å². The molecular weight excluding hydrogens is 331 g/mol. The van der Waals surface area contributed by atoms with Crippen LogP contribution in [-0.2, 0) is 11.3 Å². The Balaban J connectivity index is 1.78. The van der Waals surface area contributed by atoms with E-state index >= 15 is 0 Å². The maximum absolute atomic E-state index is 13.1. The Morgan fingerprint density at radius 3 is 2.75 bits per heavy atom. The zero-order chi connectivity index (χ0) is 16.9. The summed E-state index contributed by atoms with van der Waals surface area (Å²) >= 11 is 1.55. The van der Waals surface area contributed by atoms with Gasteiger partial charge in [-0.3, -0.25) is 4.79 Å². The fraction of sp³-hybridized carbons (Fsp3) is 0.188. The molecule has 2 aromatic heterocycles. The third-order valence-corrected chi connectivity index (χ3v) is 4.08. The van der Waals surface area contributed by atoms with E-state index in [4.69, 9.17) is 10.3 Å². The van der Waals surface area contributed by atoms with Gasteiger partial charge >= 0.3 is 0 Å². The fourth-order valence-electron chi connectivity index (χ4n) is 2.19. The maximum Gasteiger partial charge on any atom is 0.246 e. The molecule has 0 aliphatic carbocycles. The summed E-state index contributed by atoms with van der Waals surface area (Å²) in [5.41, 5.74) is 6.86. The first kappa shape index (κ1) is 16.1. The van der Waals surface area contributed by atoms with Crippen LogP contribution in [0.15, 0.2) is 45.6 Å². The minimum atomic E-state index is -0.411. The summed E-state index contributed by atoms with van der Waals surface area (Å²) in [5.74, 6) is 0.183. The van der Waals surface area contributed by atoms with Gasteiger partial charge in [-0.2, -0.15) is 16.3 Å². The molecule has 0 spiro atoms. The Kier molecular flexibility index (Phi) is 4.85. The number of nitrogens with two attached hydrogens (primary N) is 1. The quantitative estimate of drug-likeness (QED) is 0.711. The predicted molar refractivity (Wildman–Crippen MR) is 88.9 cm³/mol. The van der Waals surface area contributed by atoms with Crippen LogP contribution >= 0.6 is 11.3 Å². The van der Waals surface area contributed by atoms with Gasteiger partial charge in [-0.1, -0.05) is 5.16 Å². The molecule has 0 aliphatic heterocycles. The summed E-state index contributed by atoms with van der Waals surface area (Å²) in [6, 6.07) is 7.89. The highest BCUT2D eigenvalue weighted by atomic mass is 32.1. The molecule has 0 unspecified atom stereocenters. The summed E-state index contributed by atoms with van der Waals surface area (Å²) in [7, 11) is 0. The fourth-order valence-corrected chi connectivity index (χ4v) is 2.82. The monoisotopic (exact) mass is 346 g/mol. The lowest BCUT2D eigenvalue weighted by atomic mass is 10.2. The Hall–Kier alpha value is -2.74. The molecule has 8 heteroatoms. The van der Waals surface area contributed by atoms with Crippen LogP contribution in [0.5, 0.6) is 0 Å². The molecule has 0 saturated heterocycles. The number of anilines is 1. The second-order valence-corrected chi connectivity index (χ2v) is 5.92. The largest absolute Gasteiger partial charge is 0.370 e. The number of amides is 1. The lowest BCUT2D eigenvalue weighted by Crippen LogP contribution is -2.27. The van der Waals surface area contributed by atoms with Gasteiger partial charge in [0.25, 0.3) is 0 Å². The first-order chi connectivity index (χ1) is 11.6. The number of nitrogens with zero attached hydrogens (tertiary/aromatic N) is 3. The maximum atomic E-state index is 13.1. The van der Waals surface area contributed by atoms with Gasteiger partial charge < -0.3 is 15.2 Å². The second kappa shape index (κ2) is 7.22. The van der Waals surface area contributed by atoms with Crippen molar-refractivity contribution in [2.45, 2.75) is 13.0 Å². The van der Waals surface area contributed by atoms with E-state index in [2.05, 4.69) is 10.1 Å². The second-order valence-electron chi connectivity index (χ2n) is 5.14. The lowest BCUT2D eigenvalue weighted by molar-refractivity contribution is -0.117. The van der Waals surface area contributed by atoms with Crippen molar-refractivity contribution in [2.75, 3.05) is 11.4 Å². The third kappa shape index (κ3) is 3.96. The van der Waals surface area contributed by atoms with Crippen molar-refractivity contribution in [2.24, 2.45) is 5.73 Å².